The average Bonchev–Trinajstić information content (AvgIpc) is 2.68. The van der Waals surface area contributed by atoms with Crippen LogP contribution in [-0.2, 0) is 7.05 Å². The summed E-state index contributed by atoms with van der Waals surface area (Å²) in [7, 11) is 5.68. The summed E-state index contributed by atoms with van der Waals surface area (Å²) in [5.74, 6) is 0.826. The van der Waals surface area contributed by atoms with Crippen LogP contribution in [0, 0.1) is 6.92 Å². The molecular formula is C11H20N4O. The highest BCUT2D eigenvalue weighted by atomic mass is 16.5. The van der Waals surface area contributed by atoms with Gasteiger partial charge in [0.05, 0.1) is 24.4 Å². The van der Waals surface area contributed by atoms with Crippen molar-refractivity contribution in [3.05, 3.63) is 11.3 Å². The van der Waals surface area contributed by atoms with Gasteiger partial charge in [-0.2, -0.15) is 5.10 Å². The van der Waals surface area contributed by atoms with Gasteiger partial charge in [0, 0.05) is 19.6 Å². The lowest BCUT2D eigenvalue weighted by atomic mass is 10.0. The third-order valence-electron chi connectivity index (χ3n) is 3.40. The zero-order valence-corrected chi connectivity index (χ0v) is 10.4. The van der Waals surface area contributed by atoms with Gasteiger partial charge in [0.1, 0.15) is 0 Å². The van der Waals surface area contributed by atoms with Crippen molar-refractivity contribution < 1.29 is 4.74 Å². The standard InChI is InChI=1S/C11H20N4O/c1-7-9(11(16-4)15(3)13-7)10-8(12)5-6-14(10)2/h8,10H,5-6,12H2,1-4H3. The first kappa shape index (κ1) is 11.4. The van der Waals surface area contributed by atoms with Crippen molar-refractivity contribution in [2.24, 2.45) is 12.8 Å². The van der Waals surface area contributed by atoms with E-state index in [1.807, 2.05) is 14.0 Å². The molecule has 2 heterocycles. The van der Waals surface area contributed by atoms with Crippen molar-refractivity contribution in [3.63, 3.8) is 0 Å². The van der Waals surface area contributed by atoms with Crippen molar-refractivity contribution >= 4 is 0 Å². The minimum absolute atomic E-state index is 0.168. The Labute approximate surface area is 96.2 Å². The topological polar surface area (TPSA) is 56.3 Å². The fourth-order valence-corrected chi connectivity index (χ4v) is 2.65. The van der Waals surface area contributed by atoms with Crippen LogP contribution in [0.25, 0.3) is 0 Å². The molecule has 5 nitrogen and oxygen atoms in total. The number of aryl methyl sites for hydroxylation is 2. The number of nitrogens with zero attached hydrogens (tertiary/aromatic N) is 3. The lowest BCUT2D eigenvalue weighted by Gasteiger charge is -2.23. The molecule has 2 atom stereocenters. The maximum atomic E-state index is 6.17. The third-order valence-corrected chi connectivity index (χ3v) is 3.40. The number of rotatable bonds is 2. The number of ether oxygens (including phenoxy) is 1. The smallest absolute Gasteiger partial charge is 0.216 e. The van der Waals surface area contributed by atoms with Crippen LogP contribution in [0.15, 0.2) is 0 Å². The van der Waals surface area contributed by atoms with Crippen LogP contribution in [0.4, 0.5) is 0 Å². The molecule has 0 amide bonds. The second-order valence-electron chi connectivity index (χ2n) is 4.51. The highest BCUT2D eigenvalue weighted by Crippen LogP contribution is 2.36. The van der Waals surface area contributed by atoms with Gasteiger partial charge < -0.3 is 10.5 Å². The Balaban J connectivity index is 2.46. The molecule has 1 fully saturated rings. The molecule has 1 aliphatic rings. The minimum atomic E-state index is 0.168. The summed E-state index contributed by atoms with van der Waals surface area (Å²) in [6, 6.07) is 0.394. The number of hydrogen-bond acceptors (Lipinski definition) is 4. The molecular weight excluding hydrogens is 204 g/mol. The number of nitrogens with two attached hydrogens (primary N) is 1. The number of hydrogen-bond donors (Lipinski definition) is 1. The van der Waals surface area contributed by atoms with Gasteiger partial charge in [-0.15, -0.1) is 0 Å². The highest BCUT2D eigenvalue weighted by Gasteiger charge is 2.35. The van der Waals surface area contributed by atoms with Gasteiger partial charge in [-0.1, -0.05) is 0 Å². The zero-order valence-electron chi connectivity index (χ0n) is 10.4. The van der Waals surface area contributed by atoms with E-state index in [9.17, 15) is 0 Å². The van der Waals surface area contributed by atoms with E-state index in [0.29, 0.717) is 0 Å². The second kappa shape index (κ2) is 4.07. The number of likely N-dealkylation sites (tertiary alicyclic amines) is 1. The lowest BCUT2D eigenvalue weighted by Crippen LogP contribution is -2.30. The normalized spacial score (nSPS) is 26.3. The monoisotopic (exact) mass is 224 g/mol. The molecule has 0 aliphatic carbocycles. The van der Waals surface area contributed by atoms with Gasteiger partial charge in [0.15, 0.2) is 0 Å². The molecule has 1 aromatic heterocycles. The quantitative estimate of drug-likeness (QED) is 0.792. The van der Waals surface area contributed by atoms with Crippen LogP contribution in [0.1, 0.15) is 23.7 Å². The molecule has 90 valence electrons. The summed E-state index contributed by atoms with van der Waals surface area (Å²) >= 11 is 0. The highest BCUT2D eigenvalue weighted by molar-refractivity contribution is 5.36. The third kappa shape index (κ3) is 1.60. The summed E-state index contributed by atoms with van der Waals surface area (Å²) in [6.07, 6.45) is 1.03. The van der Waals surface area contributed by atoms with Gasteiger partial charge in [0.2, 0.25) is 5.88 Å². The Morgan fingerprint density at radius 3 is 2.62 bits per heavy atom. The molecule has 0 aromatic carbocycles. The van der Waals surface area contributed by atoms with Crippen LogP contribution in [0.3, 0.4) is 0 Å². The lowest BCUT2D eigenvalue weighted by molar-refractivity contribution is 0.288. The Morgan fingerprint density at radius 1 is 1.44 bits per heavy atom. The summed E-state index contributed by atoms with van der Waals surface area (Å²) in [5.41, 5.74) is 8.31. The molecule has 0 saturated carbocycles. The Bertz CT molecular complexity index is 378. The maximum absolute atomic E-state index is 6.17. The molecule has 5 heteroatoms. The van der Waals surface area contributed by atoms with E-state index >= 15 is 0 Å². The van der Waals surface area contributed by atoms with Gasteiger partial charge in [-0.05, 0) is 20.4 Å². The largest absolute Gasteiger partial charge is 0.481 e. The van der Waals surface area contributed by atoms with Gasteiger partial charge in [-0.3, -0.25) is 4.90 Å². The zero-order chi connectivity index (χ0) is 11.9. The molecule has 16 heavy (non-hydrogen) atoms. The molecule has 1 aliphatic heterocycles. The first-order valence-corrected chi connectivity index (χ1v) is 5.59. The molecule has 0 bridgehead atoms. The molecule has 0 spiro atoms. The van der Waals surface area contributed by atoms with Crippen molar-refractivity contribution in [1.82, 2.24) is 14.7 Å². The summed E-state index contributed by atoms with van der Waals surface area (Å²) in [4.78, 5) is 2.28. The van der Waals surface area contributed by atoms with E-state index in [-0.39, 0.29) is 12.1 Å². The Kier molecular flexibility index (Phi) is 2.90. The van der Waals surface area contributed by atoms with Gasteiger partial charge in [-0.25, -0.2) is 4.68 Å². The summed E-state index contributed by atoms with van der Waals surface area (Å²) < 4.78 is 7.21. The average molecular weight is 224 g/mol. The number of likely N-dealkylation sites (N-methyl/N-ethyl adjacent to an activating group) is 1. The van der Waals surface area contributed by atoms with Crippen molar-refractivity contribution in [3.8, 4) is 5.88 Å². The number of aromatic nitrogens is 2. The Morgan fingerprint density at radius 2 is 2.12 bits per heavy atom. The molecule has 1 aromatic rings. The van der Waals surface area contributed by atoms with Crippen molar-refractivity contribution in [2.75, 3.05) is 20.7 Å². The van der Waals surface area contributed by atoms with E-state index in [1.54, 1.807) is 11.8 Å². The van der Waals surface area contributed by atoms with Crippen LogP contribution < -0.4 is 10.5 Å². The van der Waals surface area contributed by atoms with Gasteiger partial charge in [0.25, 0.3) is 0 Å². The first-order valence-electron chi connectivity index (χ1n) is 5.59. The molecule has 2 N–H and O–H groups in total. The molecule has 2 rings (SSSR count). The van der Waals surface area contributed by atoms with E-state index in [1.165, 1.54) is 0 Å². The van der Waals surface area contributed by atoms with Crippen molar-refractivity contribution in [2.45, 2.75) is 25.4 Å². The predicted molar refractivity (Wildman–Crippen MR) is 62.5 cm³/mol. The SMILES string of the molecule is COc1c(C2C(N)CCN2C)c(C)nn1C. The fourth-order valence-electron chi connectivity index (χ4n) is 2.65. The van der Waals surface area contributed by atoms with Crippen LogP contribution in [0.2, 0.25) is 0 Å². The maximum Gasteiger partial charge on any atom is 0.216 e. The van der Waals surface area contributed by atoms with Crippen LogP contribution >= 0.6 is 0 Å². The first-order chi connectivity index (χ1) is 7.56. The van der Waals surface area contributed by atoms with E-state index in [2.05, 4.69) is 17.0 Å². The van der Waals surface area contributed by atoms with Crippen molar-refractivity contribution in [1.29, 1.82) is 0 Å². The number of methoxy groups -OCH3 is 1. The molecule has 1 saturated heterocycles. The summed E-state index contributed by atoms with van der Waals surface area (Å²) in [5, 5.41) is 4.40. The Hall–Kier alpha value is -1.07. The van der Waals surface area contributed by atoms with E-state index < -0.39 is 0 Å². The second-order valence-corrected chi connectivity index (χ2v) is 4.51. The minimum Gasteiger partial charge on any atom is -0.481 e. The van der Waals surface area contributed by atoms with Crippen LogP contribution in [0.5, 0.6) is 5.88 Å². The summed E-state index contributed by atoms with van der Waals surface area (Å²) in [6.45, 7) is 3.04. The van der Waals surface area contributed by atoms with Gasteiger partial charge >= 0.3 is 0 Å². The van der Waals surface area contributed by atoms with E-state index in [4.69, 9.17) is 10.5 Å². The predicted octanol–water partition coefficient (Wildman–Crippen LogP) is 0.441. The van der Waals surface area contributed by atoms with E-state index in [0.717, 1.165) is 30.1 Å². The molecule has 0 radical (unpaired) electrons. The molecule has 2 unspecified atom stereocenters. The van der Waals surface area contributed by atoms with Crippen LogP contribution in [-0.4, -0.2) is 41.4 Å². The fraction of sp³-hybridized carbons (Fsp3) is 0.727.